The van der Waals surface area contributed by atoms with E-state index in [0.29, 0.717) is 22.3 Å². The summed E-state index contributed by atoms with van der Waals surface area (Å²) in [6, 6.07) is 23.6. The molecule has 0 spiro atoms. The molecule has 4 aromatic rings. The van der Waals surface area contributed by atoms with Gasteiger partial charge in [0.05, 0.1) is 11.1 Å². The Morgan fingerprint density at radius 3 is 1.24 bits per heavy atom. The molecule has 4 aromatic carbocycles. The van der Waals surface area contributed by atoms with Gasteiger partial charge in [-0.3, -0.25) is 40.9 Å². The summed E-state index contributed by atoms with van der Waals surface area (Å²) in [6.07, 6.45) is 16.2. The zero-order valence-corrected chi connectivity index (χ0v) is 32.2. The van der Waals surface area contributed by atoms with Crippen molar-refractivity contribution >= 4 is 23.6 Å². The first-order valence-corrected chi connectivity index (χ1v) is 19.7. The number of hydrogen-bond acceptors (Lipinski definition) is 6. The third kappa shape index (κ3) is 13.9. The first kappa shape index (κ1) is 42.1. The van der Waals surface area contributed by atoms with Crippen molar-refractivity contribution in [2.75, 3.05) is 0 Å². The Labute approximate surface area is 325 Å². The zero-order valence-electron chi connectivity index (χ0n) is 32.2. The van der Waals surface area contributed by atoms with Crippen LogP contribution in [0.25, 0.3) is 0 Å². The van der Waals surface area contributed by atoms with Gasteiger partial charge in [-0.05, 0) is 103 Å². The van der Waals surface area contributed by atoms with E-state index < -0.39 is 23.6 Å². The van der Waals surface area contributed by atoms with E-state index in [9.17, 15) is 29.4 Å². The number of phenolic OH excluding ortho intramolecular Hbond substituents is 2. The van der Waals surface area contributed by atoms with Gasteiger partial charge < -0.3 is 10.2 Å². The molecule has 0 aliphatic carbocycles. The fraction of sp³-hybridized carbons (Fsp3) is 0.378. The molecule has 292 valence electrons. The molecule has 0 aromatic heterocycles. The molecule has 10 nitrogen and oxygen atoms in total. The van der Waals surface area contributed by atoms with E-state index in [0.717, 1.165) is 49.7 Å². The molecule has 0 aliphatic rings. The van der Waals surface area contributed by atoms with E-state index in [1.807, 2.05) is 36.4 Å². The first-order chi connectivity index (χ1) is 26.7. The number of hydrogen-bond donors (Lipinski definition) is 6. The fourth-order valence-electron chi connectivity index (χ4n) is 6.45. The molecule has 0 saturated carbocycles. The van der Waals surface area contributed by atoms with E-state index in [1.54, 1.807) is 24.3 Å². The van der Waals surface area contributed by atoms with Crippen LogP contribution in [0.3, 0.4) is 0 Å². The first-order valence-electron chi connectivity index (χ1n) is 19.7. The minimum absolute atomic E-state index is 0.0508. The van der Waals surface area contributed by atoms with Crippen LogP contribution in [0.4, 0.5) is 0 Å². The van der Waals surface area contributed by atoms with Crippen LogP contribution in [-0.2, 0) is 19.3 Å². The highest BCUT2D eigenvalue weighted by Crippen LogP contribution is 2.24. The van der Waals surface area contributed by atoms with Gasteiger partial charge in [-0.2, -0.15) is 0 Å². The molecule has 0 bridgehead atoms. The van der Waals surface area contributed by atoms with Gasteiger partial charge in [-0.25, -0.2) is 0 Å². The van der Waals surface area contributed by atoms with Crippen molar-refractivity contribution in [1.82, 2.24) is 21.7 Å². The average molecular weight is 749 g/mol. The molecule has 0 aliphatic heterocycles. The van der Waals surface area contributed by atoms with Gasteiger partial charge in [0.25, 0.3) is 23.6 Å². The molecular formula is C45H56N4O6. The molecule has 0 fully saturated rings. The molecule has 0 unspecified atom stereocenters. The summed E-state index contributed by atoms with van der Waals surface area (Å²) in [6.45, 7) is 4.39. The van der Waals surface area contributed by atoms with Gasteiger partial charge in [0.15, 0.2) is 0 Å². The van der Waals surface area contributed by atoms with Crippen molar-refractivity contribution in [1.29, 1.82) is 0 Å². The van der Waals surface area contributed by atoms with Crippen LogP contribution < -0.4 is 21.7 Å². The predicted molar refractivity (Wildman–Crippen MR) is 216 cm³/mol. The van der Waals surface area contributed by atoms with E-state index in [1.165, 1.54) is 75.6 Å². The number of carbonyl (C=O) groups excluding carboxylic acids is 4. The molecule has 4 rings (SSSR count). The average Bonchev–Trinajstić information content (AvgIpc) is 3.20. The van der Waals surface area contributed by atoms with Gasteiger partial charge in [0.1, 0.15) is 11.5 Å². The molecule has 10 heteroatoms. The second kappa shape index (κ2) is 22.5. The summed E-state index contributed by atoms with van der Waals surface area (Å²) < 4.78 is 0. The van der Waals surface area contributed by atoms with E-state index in [2.05, 4.69) is 35.6 Å². The number of carbonyl (C=O) groups is 4. The lowest BCUT2D eigenvalue weighted by Crippen LogP contribution is -2.41. The molecule has 0 heterocycles. The fourth-order valence-corrected chi connectivity index (χ4v) is 6.45. The van der Waals surface area contributed by atoms with Crippen LogP contribution in [0.1, 0.15) is 155 Å². The monoisotopic (exact) mass is 748 g/mol. The lowest BCUT2D eigenvalue weighted by atomic mass is 10.00. The topological polar surface area (TPSA) is 157 Å². The Hall–Kier alpha value is -5.64. The number of amides is 4. The lowest BCUT2D eigenvalue weighted by molar-refractivity contribution is 0.0845. The quantitative estimate of drug-likeness (QED) is 0.0393. The van der Waals surface area contributed by atoms with E-state index in [-0.39, 0.29) is 29.0 Å². The Bertz CT molecular complexity index is 1760. The smallest absolute Gasteiger partial charge is 0.273 e. The van der Waals surface area contributed by atoms with Gasteiger partial charge in [0, 0.05) is 11.1 Å². The third-order valence-electron chi connectivity index (χ3n) is 9.61. The number of phenols is 2. The highest BCUT2D eigenvalue weighted by Gasteiger charge is 2.17. The minimum Gasteiger partial charge on any atom is -0.507 e. The summed E-state index contributed by atoms with van der Waals surface area (Å²) in [4.78, 5) is 51.8. The van der Waals surface area contributed by atoms with Crippen LogP contribution in [0, 0.1) is 0 Å². The predicted octanol–water partition coefficient (Wildman–Crippen LogP) is 8.64. The zero-order chi connectivity index (χ0) is 39.4. The number of rotatable bonds is 20. The largest absolute Gasteiger partial charge is 0.507 e. The van der Waals surface area contributed by atoms with Crippen LogP contribution in [0.15, 0.2) is 84.9 Å². The lowest BCUT2D eigenvalue weighted by Gasteiger charge is -2.12. The van der Waals surface area contributed by atoms with Crippen LogP contribution >= 0.6 is 0 Å². The Morgan fingerprint density at radius 1 is 0.436 bits per heavy atom. The maximum atomic E-state index is 13.0. The van der Waals surface area contributed by atoms with Crippen molar-refractivity contribution in [3.8, 4) is 11.5 Å². The molecule has 4 amide bonds. The molecule has 0 atom stereocenters. The maximum Gasteiger partial charge on any atom is 0.273 e. The SMILES string of the molecule is CCCCCCCCc1cccc(C(=O)NNC(=O)c2cc(Cc3ccc(O)c(C(=O)NNC(=O)c4cccc(CCCCCCCC)c4)c3)ccc2O)c1. The summed E-state index contributed by atoms with van der Waals surface area (Å²) in [5, 5.41) is 21.0. The summed E-state index contributed by atoms with van der Waals surface area (Å²) in [7, 11) is 0. The number of aromatic hydroxyl groups is 2. The normalized spacial score (nSPS) is 10.8. The number of nitrogens with one attached hydrogen (secondary N) is 4. The summed E-state index contributed by atoms with van der Waals surface area (Å²) in [5.74, 6) is -2.90. The summed E-state index contributed by atoms with van der Waals surface area (Å²) >= 11 is 0. The highest BCUT2D eigenvalue weighted by atomic mass is 16.3. The Morgan fingerprint density at radius 2 is 0.818 bits per heavy atom. The summed E-state index contributed by atoms with van der Waals surface area (Å²) in [5.41, 5.74) is 13.7. The van der Waals surface area contributed by atoms with Gasteiger partial charge in [-0.15, -0.1) is 0 Å². The number of hydrazine groups is 2. The molecule has 0 saturated heterocycles. The van der Waals surface area contributed by atoms with Gasteiger partial charge in [-0.1, -0.05) is 114 Å². The third-order valence-corrected chi connectivity index (χ3v) is 9.61. The van der Waals surface area contributed by atoms with Crippen LogP contribution in [0.5, 0.6) is 11.5 Å². The molecule has 0 radical (unpaired) electrons. The highest BCUT2D eigenvalue weighted by molar-refractivity contribution is 6.01. The van der Waals surface area contributed by atoms with Gasteiger partial charge >= 0.3 is 0 Å². The van der Waals surface area contributed by atoms with Crippen molar-refractivity contribution < 1.29 is 29.4 Å². The standard InChI is InChI=1S/C45H56N4O6/c1-3-5-7-9-11-13-17-32-19-15-21-36(28-32)42(52)46-48-44(54)38-30-34(23-25-40(38)50)27-35-24-26-41(51)39(31-35)45(55)49-47-43(53)37-22-16-20-33(29-37)18-14-12-10-8-6-4-2/h15-16,19-26,28-31,50-51H,3-14,17-18,27H2,1-2H3,(H,46,52)(H,47,53)(H,48,54)(H,49,55). The maximum absolute atomic E-state index is 13.0. The van der Waals surface area contributed by atoms with Gasteiger partial charge in [0.2, 0.25) is 0 Å². The second-order valence-electron chi connectivity index (χ2n) is 14.1. The van der Waals surface area contributed by atoms with Crippen LogP contribution in [-0.4, -0.2) is 33.8 Å². The number of benzene rings is 4. The molecular weight excluding hydrogens is 693 g/mol. The van der Waals surface area contributed by atoms with E-state index >= 15 is 0 Å². The second-order valence-corrected chi connectivity index (χ2v) is 14.1. The number of unbranched alkanes of at least 4 members (excludes halogenated alkanes) is 10. The Kier molecular flexibility index (Phi) is 17.3. The molecule has 6 N–H and O–H groups in total. The van der Waals surface area contributed by atoms with Crippen LogP contribution in [0.2, 0.25) is 0 Å². The Balaban J connectivity index is 1.30. The minimum atomic E-state index is -0.703. The van der Waals surface area contributed by atoms with Crippen molar-refractivity contribution in [3.63, 3.8) is 0 Å². The number of aryl methyl sites for hydroxylation is 2. The van der Waals surface area contributed by atoms with Crippen molar-refractivity contribution in [2.24, 2.45) is 0 Å². The van der Waals surface area contributed by atoms with Crippen molar-refractivity contribution in [2.45, 2.75) is 110 Å². The van der Waals surface area contributed by atoms with E-state index in [4.69, 9.17) is 0 Å². The molecule has 55 heavy (non-hydrogen) atoms. The van der Waals surface area contributed by atoms with Crippen molar-refractivity contribution in [3.05, 3.63) is 129 Å².